The lowest BCUT2D eigenvalue weighted by Gasteiger charge is -2.17. The molecule has 0 saturated carbocycles. The molecule has 2 heterocycles. The molecule has 2 aliphatic rings. The number of urea groups is 1. The molecule has 6 nitrogen and oxygen atoms in total. The van der Waals surface area contributed by atoms with Crippen LogP contribution in [0.1, 0.15) is 29.5 Å². The fourth-order valence-electron chi connectivity index (χ4n) is 3.58. The summed E-state index contributed by atoms with van der Waals surface area (Å²) in [5, 5.41) is 6.03. The van der Waals surface area contributed by atoms with Gasteiger partial charge in [-0.3, -0.25) is 10.1 Å². The van der Waals surface area contributed by atoms with Crippen LogP contribution in [0.5, 0.6) is 0 Å². The van der Waals surface area contributed by atoms with Gasteiger partial charge in [-0.05, 0) is 43.2 Å². The fraction of sp³-hybridized carbons (Fsp3) is 0.421. The highest BCUT2D eigenvalue weighted by atomic mass is 32.1. The average Bonchev–Trinajstić information content (AvgIpc) is 3.22. The highest BCUT2D eigenvalue weighted by Crippen LogP contribution is 2.32. The minimum atomic E-state index is -0.384. The zero-order valence-corrected chi connectivity index (χ0v) is 15.6. The molecule has 136 valence electrons. The van der Waals surface area contributed by atoms with Crippen LogP contribution < -0.4 is 15.5 Å². The van der Waals surface area contributed by atoms with E-state index in [4.69, 9.17) is 0 Å². The fourth-order valence-corrected chi connectivity index (χ4v) is 4.75. The van der Waals surface area contributed by atoms with E-state index in [0.717, 1.165) is 37.1 Å². The Morgan fingerprint density at radius 3 is 3.04 bits per heavy atom. The maximum atomic E-state index is 12.4. The number of nitrogens with zero attached hydrogens (tertiary/aromatic N) is 2. The molecule has 4 rings (SSSR count). The van der Waals surface area contributed by atoms with Crippen molar-refractivity contribution in [3.8, 4) is 0 Å². The highest BCUT2D eigenvalue weighted by Gasteiger charge is 2.24. The molecule has 1 aromatic carbocycles. The molecule has 1 aromatic heterocycles. The number of nitrogens with one attached hydrogen (secondary N) is 2. The van der Waals surface area contributed by atoms with Crippen LogP contribution in [0.15, 0.2) is 24.3 Å². The van der Waals surface area contributed by atoms with Crippen molar-refractivity contribution in [2.24, 2.45) is 5.92 Å². The van der Waals surface area contributed by atoms with Crippen molar-refractivity contribution in [1.29, 1.82) is 0 Å². The van der Waals surface area contributed by atoms with Crippen molar-refractivity contribution in [3.63, 3.8) is 0 Å². The van der Waals surface area contributed by atoms with Crippen LogP contribution in [0, 0.1) is 5.92 Å². The van der Waals surface area contributed by atoms with Crippen LogP contribution in [-0.4, -0.2) is 30.0 Å². The van der Waals surface area contributed by atoms with Crippen LogP contribution >= 0.6 is 11.3 Å². The summed E-state index contributed by atoms with van der Waals surface area (Å²) < 4.78 is 0. The third-order valence-corrected chi connectivity index (χ3v) is 6.03. The summed E-state index contributed by atoms with van der Waals surface area (Å²) in [7, 11) is 0. The summed E-state index contributed by atoms with van der Waals surface area (Å²) in [5.41, 5.74) is 3.22. The average molecular weight is 370 g/mol. The van der Waals surface area contributed by atoms with Crippen LogP contribution in [-0.2, 0) is 24.1 Å². The number of anilines is 2. The van der Waals surface area contributed by atoms with Crippen LogP contribution in [0.25, 0.3) is 0 Å². The first kappa shape index (κ1) is 17.0. The molecule has 26 heavy (non-hydrogen) atoms. The summed E-state index contributed by atoms with van der Waals surface area (Å²) in [6.07, 6.45) is 4.01. The number of amides is 3. The molecule has 0 radical (unpaired) electrons. The minimum Gasteiger partial charge on any atom is -0.329 e. The molecule has 3 amide bonds. The molecule has 1 atom stereocenters. The number of thiazole rings is 1. The van der Waals surface area contributed by atoms with Gasteiger partial charge in [-0.25, -0.2) is 9.78 Å². The zero-order chi connectivity index (χ0) is 18.1. The second-order valence-corrected chi connectivity index (χ2v) is 8.05. The first-order chi connectivity index (χ1) is 12.6. The minimum absolute atomic E-state index is 0.0255. The molecule has 7 heteroatoms. The Labute approximate surface area is 156 Å². The van der Waals surface area contributed by atoms with Gasteiger partial charge in [0, 0.05) is 17.1 Å². The molecule has 0 fully saturated rings. The van der Waals surface area contributed by atoms with Crippen molar-refractivity contribution >= 4 is 34.1 Å². The number of rotatable bonds is 3. The molecule has 0 saturated heterocycles. The first-order valence-corrected chi connectivity index (χ1v) is 9.83. The molecule has 1 unspecified atom stereocenters. The maximum Gasteiger partial charge on any atom is 0.321 e. The lowest BCUT2D eigenvalue weighted by molar-refractivity contribution is -0.117. The van der Waals surface area contributed by atoms with Crippen molar-refractivity contribution in [1.82, 2.24) is 10.3 Å². The maximum absolute atomic E-state index is 12.4. The van der Waals surface area contributed by atoms with E-state index in [2.05, 4.69) is 22.5 Å². The Bertz CT molecular complexity index is 848. The molecule has 0 bridgehead atoms. The smallest absolute Gasteiger partial charge is 0.321 e. The molecular weight excluding hydrogens is 348 g/mol. The quantitative estimate of drug-likeness (QED) is 0.872. The number of aryl methyl sites for hydroxylation is 1. The summed E-state index contributed by atoms with van der Waals surface area (Å²) in [5.74, 6) is 0.572. The Hall–Kier alpha value is -2.41. The number of fused-ring (bicyclic) bond motifs is 2. The van der Waals surface area contributed by atoms with E-state index in [9.17, 15) is 9.59 Å². The van der Waals surface area contributed by atoms with Gasteiger partial charge in [0.1, 0.15) is 0 Å². The van der Waals surface area contributed by atoms with E-state index in [1.807, 2.05) is 24.3 Å². The first-order valence-electron chi connectivity index (χ1n) is 9.02. The summed E-state index contributed by atoms with van der Waals surface area (Å²) in [6, 6.07) is 7.50. The van der Waals surface area contributed by atoms with Crippen molar-refractivity contribution in [2.75, 3.05) is 23.3 Å². The molecule has 2 aromatic rings. The van der Waals surface area contributed by atoms with E-state index < -0.39 is 0 Å². The van der Waals surface area contributed by atoms with Gasteiger partial charge in [0.15, 0.2) is 5.13 Å². The van der Waals surface area contributed by atoms with Gasteiger partial charge in [0.2, 0.25) is 5.91 Å². The highest BCUT2D eigenvalue weighted by molar-refractivity contribution is 7.15. The predicted molar refractivity (Wildman–Crippen MR) is 103 cm³/mol. The van der Waals surface area contributed by atoms with E-state index >= 15 is 0 Å². The Morgan fingerprint density at radius 1 is 1.31 bits per heavy atom. The van der Waals surface area contributed by atoms with Gasteiger partial charge >= 0.3 is 6.03 Å². The van der Waals surface area contributed by atoms with Crippen LogP contribution in [0.3, 0.4) is 0 Å². The lowest BCUT2D eigenvalue weighted by Crippen LogP contribution is -2.41. The normalized spacial score (nSPS) is 18.2. The Kier molecular flexibility index (Phi) is 4.63. The number of benzene rings is 1. The summed E-state index contributed by atoms with van der Waals surface area (Å²) in [6.45, 7) is 2.88. The number of carbonyl (C=O) groups is 2. The second kappa shape index (κ2) is 7.07. The van der Waals surface area contributed by atoms with Crippen LogP contribution in [0.4, 0.5) is 15.6 Å². The van der Waals surface area contributed by atoms with E-state index in [0.29, 0.717) is 17.6 Å². The standard InChI is InChI=1S/C19H22N4O2S/c1-12-6-7-14-16(10-12)26-19(21-14)22-18(25)20-11-17(24)23-9-8-13-4-2-3-5-15(13)23/h2-5,12H,6-11H2,1H3,(H2,20,21,22,25). The Morgan fingerprint density at radius 2 is 2.15 bits per heavy atom. The molecule has 2 N–H and O–H groups in total. The number of aromatic nitrogens is 1. The van der Waals surface area contributed by atoms with Crippen molar-refractivity contribution in [3.05, 3.63) is 40.4 Å². The number of hydrogen-bond acceptors (Lipinski definition) is 4. The third-order valence-electron chi connectivity index (χ3n) is 4.99. The zero-order valence-electron chi connectivity index (χ0n) is 14.7. The molecule has 0 spiro atoms. The van der Waals surface area contributed by atoms with Gasteiger partial charge < -0.3 is 10.2 Å². The van der Waals surface area contributed by atoms with Crippen molar-refractivity contribution in [2.45, 2.75) is 32.6 Å². The van der Waals surface area contributed by atoms with Gasteiger partial charge in [0.05, 0.1) is 12.2 Å². The van der Waals surface area contributed by atoms with Gasteiger partial charge in [-0.1, -0.05) is 25.1 Å². The van der Waals surface area contributed by atoms with Gasteiger partial charge in [-0.2, -0.15) is 0 Å². The number of hydrogen-bond donors (Lipinski definition) is 2. The van der Waals surface area contributed by atoms with Crippen molar-refractivity contribution < 1.29 is 9.59 Å². The van der Waals surface area contributed by atoms with E-state index in [-0.39, 0.29) is 18.5 Å². The summed E-state index contributed by atoms with van der Waals surface area (Å²) in [4.78, 5) is 32.1. The molecular formula is C19H22N4O2S. The third kappa shape index (κ3) is 3.44. The van der Waals surface area contributed by atoms with Gasteiger partial charge in [-0.15, -0.1) is 11.3 Å². The van der Waals surface area contributed by atoms with E-state index in [1.165, 1.54) is 21.8 Å². The lowest BCUT2D eigenvalue weighted by atomic mass is 9.93. The number of carbonyl (C=O) groups excluding carboxylic acids is 2. The Balaban J connectivity index is 1.31. The summed E-state index contributed by atoms with van der Waals surface area (Å²) >= 11 is 1.54. The topological polar surface area (TPSA) is 74.3 Å². The monoisotopic (exact) mass is 370 g/mol. The van der Waals surface area contributed by atoms with Gasteiger partial charge in [0.25, 0.3) is 0 Å². The molecule has 1 aliphatic heterocycles. The van der Waals surface area contributed by atoms with Crippen LogP contribution in [0.2, 0.25) is 0 Å². The SMILES string of the molecule is CC1CCc2nc(NC(=O)NCC(=O)N3CCc4ccccc43)sc2C1. The predicted octanol–water partition coefficient (Wildman–Crippen LogP) is 2.98. The molecule has 1 aliphatic carbocycles. The largest absolute Gasteiger partial charge is 0.329 e. The second-order valence-electron chi connectivity index (χ2n) is 6.97. The van der Waals surface area contributed by atoms with E-state index in [1.54, 1.807) is 4.90 Å². The number of para-hydroxylation sites is 1.